The second-order valence-electron chi connectivity index (χ2n) is 3.61. The standard InChI is InChI=1S/C13H9FN2/c14-10-3-1-9(2-4-10)11-5-7-15-13-12(11)6-8-16-13/h1-8H,(H,15,16). The Balaban J connectivity index is 2.25. The van der Waals surface area contributed by atoms with Crippen LogP contribution < -0.4 is 0 Å². The minimum Gasteiger partial charge on any atom is -0.346 e. The van der Waals surface area contributed by atoms with E-state index in [1.165, 1.54) is 12.1 Å². The highest BCUT2D eigenvalue weighted by molar-refractivity contribution is 5.92. The van der Waals surface area contributed by atoms with E-state index in [1.807, 2.05) is 18.3 Å². The maximum atomic E-state index is 12.8. The first-order valence-electron chi connectivity index (χ1n) is 5.02. The number of H-pyrrole nitrogens is 1. The van der Waals surface area contributed by atoms with Crippen LogP contribution in [0, 0.1) is 5.82 Å². The smallest absolute Gasteiger partial charge is 0.137 e. The minimum absolute atomic E-state index is 0.219. The van der Waals surface area contributed by atoms with E-state index in [0.717, 1.165) is 22.2 Å². The lowest BCUT2D eigenvalue weighted by Crippen LogP contribution is -1.82. The van der Waals surface area contributed by atoms with E-state index >= 15 is 0 Å². The molecule has 0 unspecified atom stereocenters. The predicted octanol–water partition coefficient (Wildman–Crippen LogP) is 3.37. The van der Waals surface area contributed by atoms with Crippen LogP contribution in [0.3, 0.4) is 0 Å². The highest BCUT2D eigenvalue weighted by Crippen LogP contribution is 2.26. The van der Waals surface area contributed by atoms with Gasteiger partial charge < -0.3 is 4.98 Å². The number of halogens is 1. The Bertz CT molecular complexity index is 626. The molecule has 0 amide bonds. The number of benzene rings is 1. The van der Waals surface area contributed by atoms with Gasteiger partial charge in [-0.3, -0.25) is 0 Å². The molecule has 2 nitrogen and oxygen atoms in total. The summed E-state index contributed by atoms with van der Waals surface area (Å²) in [5.41, 5.74) is 2.90. The van der Waals surface area contributed by atoms with Crippen LogP contribution in [0.15, 0.2) is 48.8 Å². The monoisotopic (exact) mass is 212 g/mol. The van der Waals surface area contributed by atoms with Crippen molar-refractivity contribution in [3.8, 4) is 11.1 Å². The summed E-state index contributed by atoms with van der Waals surface area (Å²) in [6, 6.07) is 10.4. The van der Waals surface area contributed by atoms with E-state index in [9.17, 15) is 4.39 Å². The van der Waals surface area contributed by atoms with Gasteiger partial charge in [0, 0.05) is 17.8 Å². The van der Waals surface area contributed by atoms with Crippen molar-refractivity contribution >= 4 is 11.0 Å². The van der Waals surface area contributed by atoms with Crippen molar-refractivity contribution in [2.45, 2.75) is 0 Å². The van der Waals surface area contributed by atoms with Crippen molar-refractivity contribution in [2.75, 3.05) is 0 Å². The first-order chi connectivity index (χ1) is 7.84. The molecule has 3 rings (SSSR count). The molecule has 3 heteroatoms. The van der Waals surface area contributed by atoms with Crippen LogP contribution in [-0.2, 0) is 0 Å². The molecule has 0 bridgehead atoms. The quantitative estimate of drug-likeness (QED) is 0.658. The van der Waals surface area contributed by atoms with Gasteiger partial charge in [-0.25, -0.2) is 9.37 Å². The normalized spacial score (nSPS) is 10.8. The number of nitrogens with zero attached hydrogens (tertiary/aromatic N) is 1. The van der Waals surface area contributed by atoms with Crippen molar-refractivity contribution in [3.05, 3.63) is 54.6 Å². The molecule has 0 atom stereocenters. The van der Waals surface area contributed by atoms with Crippen LogP contribution in [0.25, 0.3) is 22.2 Å². The van der Waals surface area contributed by atoms with Crippen LogP contribution in [-0.4, -0.2) is 9.97 Å². The van der Waals surface area contributed by atoms with Crippen LogP contribution >= 0.6 is 0 Å². The molecule has 2 heterocycles. The summed E-state index contributed by atoms with van der Waals surface area (Å²) in [5.74, 6) is -0.219. The molecule has 16 heavy (non-hydrogen) atoms. The summed E-state index contributed by atoms with van der Waals surface area (Å²) >= 11 is 0. The second kappa shape index (κ2) is 3.45. The molecule has 1 N–H and O–H groups in total. The van der Waals surface area contributed by atoms with Gasteiger partial charge in [0.1, 0.15) is 11.5 Å². The molecule has 78 valence electrons. The van der Waals surface area contributed by atoms with Crippen molar-refractivity contribution in [2.24, 2.45) is 0 Å². The number of aromatic amines is 1. The fourth-order valence-electron chi connectivity index (χ4n) is 1.84. The maximum absolute atomic E-state index is 12.8. The number of pyridine rings is 1. The molecule has 0 radical (unpaired) electrons. The third-order valence-corrected chi connectivity index (χ3v) is 2.62. The number of hydrogen-bond acceptors (Lipinski definition) is 1. The van der Waals surface area contributed by atoms with E-state index in [1.54, 1.807) is 18.3 Å². The van der Waals surface area contributed by atoms with Gasteiger partial charge in [-0.1, -0.05) is 12.1 Å². The number of rotatable bonds is 1. The molecule has 0 saturated heterocycles. The molecule has 0 fully saturated rings. The number of aromatic nitrogens is 2. The van der Waals surface area contributed by atoms with E-state index in [2.05, 4.69) is 9.97 Å². The third kappa shape index (κ3) is 1.37. The molecule has 2 aromatic heterocycles. The summed E-state index contributed by atoms with van der Waals surface area (Å²) in [4.78, 5) is 7.27. The number of nitrogens with one attached hydrogen (secondary N) is 1. The van der Waals surface area contributed by atoms with E-state index in [-0.39, 0.29) is 5.82 Å². The Kier molecular flexibility index (Phi) is 1.96. The minimum atomic E-state index is -0.219. The van der Waals surface area contributed by atoms with Crippen LogP contribution in [0.1, 0.15) is 0 Å². The average Bonchev–Trinajstić information content (AvgIpc) is 2.78. The molecular weight excluding hydrogens is 203 g/mol. The van der Waals surface area contributed by atoms with Crippen molar-refractivity contribution in [1.29, 1.82) is 0 Å². The SMILES string of the molecule is Fc1ccc(-c2ccnc3[nH]ccc23)cc1. The van der Waals surface area contributed by atoms with E-state index < -0.39 is 0 Å². The number of hydrogen-bond donors (Lipinski definition) is 1. The summed E-state index contributed by atoms with van der Waals surface area (Å²) in [6.45, 7) is 0. The van der Waals surface area contributed by atoms with Gasteiger partial charge >= 0.3 is 0 Å². The molecule has 0 aliphatic rings. The molecular formula is C13H9FN2. The summed E-state index contributed by atoms with van der Waals surface area (Å²) < 4.78 is 12.8. The first kappa shape index (κ1) is 9.09. The molecule has 1 aromatic carbocycles. The third-order valence-electron chi connectivity index (χ3n) is 2.62. The van der Waals surface area contributed by atoms with Gasteiger partial charge in [-0.05, 0) is 35.4 Å². The Morgan fingerprint density at radius 1 is 1.00 bits per heavy atom. The molecule has 0 spiro atoms. The maximum Gasteiger partial charge on any atom is 0.137 e. The van der Waals surface area contributed by atoms with Gasteiger partial charge in [-0.2, -0.15) is 0 Å². The largest absolute Gasteiger partial charge is 0.346 e. The fourth-order valence-corrected chi connectivity index (χ4v) is 1.84. The van der Waals surface area contributed by atoms with Gasteiger partial charge in [0.15, 0.2) is 0 Å². The lowest BCUT2D eigenvalue weighted by molar-refractivity contribution is 0.628. The summed E-state index contributed by atoms with van der Waals surface area (Å²) in [6.07, 6.45) is 3.60. The van der Waals surface area contributed by atoms with Gasteiger partial charge in [0.2, 0.25) is 0 Å². The molecule has 3 aromatic rings. The van der Waals surface area contributed by atoms with E-state index in [0.29, 0.717) is 0 Å². The zero-order chi connectivity index (χ0) is 11.0. The molecule has 0 aliphatic carbocycles. The lowest BCUT2D eigenvalue weighted by atomic mass is 10.0. The van der Waals surface area contributed by atoms with Crippen molar-refractivity contribution < 1.29 is 4.39 Å². The van der Waals surface area contributed by atoms with Crippen LogP contribution in [0.4, 0.5) is 4.39 Å². The van der Waals surface area contributed by atoms with Gasteiger partial charge in [-0.15, -0.1) is 0 Å². The number of fused-ring (bicyclic) bond motifs is 1. The molecule has 0 saturated carbocycles. The van der Waals surface area contributed by atoms with Gasteiger partial charge in [0.05, 0.1) is 0 Å². The summed E-state index contributed by atoms with van der Waals surface area (Å²) in [7, 11) is 0. The Morgan fingerprint density at radius 3 is 2.62 bits per heavy atom. The second-order valence-corrected chi connectivity index (χ2v) is 3.61. The van der Waals surface area contributed by atoms with E-state index in [4.69, 9.17) is 0 Å². The Morgan fingerprint density at radius 2 is 1.81 bits per heavy atom. The van der Waals surface area contributed by atoms with Crippen molar-refractivity contribution in [3.63, 3.8) is 0 Å². The van der Waals surface area contributed by atoms with Crippen molar-refractivity contribution in [1.82, 2.24) is 9.97 Å². The van der Waals surface area contributed by atoms with Crippen LogP contribution in [0.2, 0.25) is 0 Å². The highest BCUT2D eigenvalue weighted by Gasteiger charge is 2.04. The van der Waals surface area contributed by atoms with Crippen LogP contribution in [0.5, 0.6) is 0 Å². The first-order valence-corrected chi connectivity index (χ1v) is 5.02. The highest BCUT2D eigenvalue weighted by atomic mass is 19.1. The topological polar surface area (TPSA) is 28.7 Å². The predicted molar refractivity (Wildman–Crippen MR) is 61.5 cm³/mol. The zero-order valence-corrected chi connectivity index (χ0v) is 8.44. The Labute approximate surface area is 91.8 Å². The summed E-state index contributed by atoms with van der Waals surface area (Å²) in [5, 5.41) is 1.05. The zero-order valence-electron chi connectivity index (χ0n) is 8.44. The lowest BCUT2D eigenvalue weighted by Gasteiger charge is -2.02. The molecule has 0 aliphatic heterocycles. The Hall–Kier alpha value is -2.16. The fraction of sp³-hybridized carbons (Fsp3) is 0. The average molecular weight is 212 g/mol. The van der Waals surface area contributed by atoms with Gasteiger partial charge in [0.25, 0.3) is 0 Å².